The molecule has 0 amide bonds. The summed E-state index contributed by atoms with van der Waals surface area (Å²) in [5, 5.41) is 9.02. The first-order valence-corrected chi connectivity index (χ1v) is 6.52. The number of aromatic carboxylic acids is 1. The molecule has 0 atom stereocenters. The molecule has 0 aliphatic rings. The third kappa shape index (κ3) is 3.19. The molecule has 7 nitrogen and oxygen atoms in total. The molecular formula is C14H16N2O5. The predicted molar refractivity (Wildman–Crippen MR) is 76.9 cm³/mol. The van der Waals surface area contributed by atoms with Crippen LogP contribution in [0.15, 0.2) is 27.8 Å². The van der Waals surface area contributed by atoms with Crippen molar-refractivity contribution < 1.29 is 14.6 Å². The first kappa shape index (κ1) is 15.0. The lowest BCUT2D eigenvalue weighted by atomic mass is 10.2. The molecule has 2 N–H and O–H groups in total. The summed E-state index contributed by atoms with van der Waals surface area (Å²) in [6.45, 7) is 4.16. The number of ether oxygens (including phenoxy) is 1. The molecule has 2 rings (SSSR count). The molecule has 1 aromatic heterocycles. The highest BCUT2D eigenvalue weighted by molar-refractivity contribution is 5.92. The zero-order valence-corrected chi connectivity index (χ0v) is 11.8. The number of hydrogen-bond donors (Lipinski definition) is 2. The van der Waals surface area contributed by atoms with E-state index in [9.17, 15) is 14.4 Å². The second-order valence-corrected chi connectivity index (χ2v) is 4.87. The minimum Gasteiger partial charge on any atom is -0.478 e. The van der Waals surface area contributed by atoms with Crippen LogP contribution in [0.3, 0.4) is 0 Å². The largest absolute Gasteiger partial charge is 0.478 e. The first-order valence-electron chi connectivity index (χ1n) is 6.52. The highest BCUT2D eigenvalue weighted by Crippen LogP contribution is 2.11. The van der Waals surface area contributed by atoms with Crippen LogP contribution in [-0.4, -0.2) is 33.3 Å². The number of rotatable bonds is 5. The molecule has 0 bridgehead atoms. The van der Waals surface area contributed by atoms with Crippen LogP contribution in [0.5, 0.6) is 0 Å². The lowest BCUT2D eigenvalue weighted by molar-refractivity contribution is 0.0697. The highest BCUT2D eigenvalue weighted by atomic mass is 16.5. The molecule has 21 heavy (non-hydrogen) atoms. The van der Waals surface area contributed by atoms with Crippen molar-refractivity contribution in [1.29, 1.82) is 0 Å². The maximum Gasteiger partial charge on any atom is 0.335 e. The summed E-state index contributed by atoms with van der Waals surface area (Å²) < 4.78 is 6.62. The summed E-state index contributed by atoms with van der Waals surface area (Å²) in [4.78, 5) is 37.0. The van der Waals surface area contributed by atoms with E-state index in [-0.39, 0.29) is 24.8 Å². The minimum absolute atomic E-state index is 0.00328. The van der Waals surface area contributed by atoms with Crippen LogP contribution in [0, 0.1) is 0 Å². The van der Waals surface area contributed by atoms with E-state index in [4.69, 9.17) is 9.84 Å². The van der Waals surface area contributed by atoms with Gasteiger partial charge < -0.3 is 14.8 Å². The molecule has 0 unspecified atom stereocenters. The summed E-state index contributed by atoms with van der Waals surface area (Å²) in [5.74, 6) is -1.10. The number of aromatic nitrogens is 2. The fraction of sp³-hybridized carbons (Fsp3) is 0.357. The summed E-state index contributed by atoms with van der Waals surface area (Å²) in [5.41, 5.74) is -0.638. The Labute approximate surface area is 119 Å². The van der Waals surface area contributed by atoms with Gasteiger partial charge in [0.1, 0.15) is 0 Å². The molecule has 1 heterocycles. The molecule has 1 aromatic carbocycles. The van der Waals surface area contributed by atoms with Crippen molar-refractivity contribution in [2.24, 2.45) is 0 Å². The molecule has 0 fully saturated rings. The van der Waals surface area contributed by atoms with Gasteiger partial charge in [0.2, 0.25) is 0 Å². The second kappa shape index (κ2) is 5.92. The van der Waals surface area contributed by atoms with Gasteiger partial charge in [-0.25, -0.2) is 4.79 Å². The summed E-state index contributed by atoms with van der Waals surface area (Å²) >= 11 is 0. The smallest absolute Gasteiger partial charge is 0.335 e. The summed E-state index contributed by atoms with van der Waals surface area (Å²) in [6, 6.07) is 4.21. The van der Waals surface area contributed by atoms with Crippen LogP contribution in [0.4, 0.5) is 0 Å². The third-order valence-electron chi connectivity index (χ3n) is 2.99. The van der Waals surface area contributed by atoms with Gasteiger partial charge in [0.25, 0.3) is 0 Å². The zero-order valence-electron chi connectivity index (χ0n) is 11.8. The van der Waals surface area contributed by atoms with Crippen LogP contribution in [0.2, 0.25) is 0 Å². The number of benzene rings is 1. The Morgan fingerprint density at radius 2 is 2.10 bits per heavy atom. The Bertz CT molecular complexity index is 788. The maximum absolute atomic E-state index is 12.0. The molecule has 0 aliphatic carbocycles. The predicted octanol–water partition coefficient (Wildman–Crippen LogP) is 0.813. The van der Waals surface area contributed by atoms with Crippen LogP contribution in [-0.2, 0) is 11.3 Å². The number of H-pyrrole nitrogens is 1. The molecule has 0 saturated carbocycles. The monoisotopic (exact) mass is 292 g/mol. The Morgan fingerprint density at radius 3 is 2.71 bits per heavy atom. The molecule has 0 radical (unpaired) electrons. The summed E-state index contributed by atoms with van der Waals surface area (Å²) in [6.07, 6.45) is 0.00328. The minimum atomic E-state index is -1.10. The van der Waals surface area contributed by atoms with Gasteiger partial charge in [-0.05, 0) is 32.0 Å². The van der Waals surface area contributed by atoms with Gasteiger partial charge >= 0.3 is 17.1 Å². The normalized spacial score (nSPS) is 11.2. The fourth-order valence-electron chi connectivity index (χ4n) is 2.00. The number of carbonyl (C=O) groups is 1. The quantitative estimate of drug-likeness (QED) is 0.794. The Kier molecular flexibility index (Phi) is 4.23. The Hall–Kier alpha value is -2.41. The topological polar surface area (TPSA) is 101 Å². The number of aromatic amines is 1. The average Bonchev–Trinajstić information content (AvgIpc) is 2.42. The first-order chi connectivity index (χ1) is 9.90. The van der Waals surface area contributed by atoms with Gasteiger partial charge in [-0.1, -0.05) is 0 Å². The van der Waals surface area contributed by atoms with Crippen LogP contribution >= 0.6 is 0 Å². The number of hydrogen-bond acceptors (Lipinski definition) is 4. The number of carboxylic acid groups (broad SMARTS) is 1. The van der Waals surface area contributed by atoms with E-state index in [2.05, 4.69) is 4.98 Å². The molecule has 7 heteroatoms. The van der Waals surface area contributed by atoms with E-state index in [0.29, 0.717) is 11.0 Å². The highest BCUT2D eigenvalue weighted by Gasteiger charge is 2.11. The van der Waals surface area contributed by atoms with Gasteiger partial charge in [-0.15, -0.1) is 0 Å². The van der Waals surface area contributed by atoms with Crippen LogP contribution < -0.4 is 11.1 Å². The second-order valence-electron chi connectivity index (χ2n) is 4.87. The molecule has 0 aliphatic heterocycles. The van der Waals surface area contributed by atoms with Crippen LogP contribution in [0.25, 0.3) is 11.0 Å². The number of nitrogens with zero attached hydrogens (tertiary/aromatic N) is 1. The van der Waals surface area contributed by atoms with E-state index in [1.54, 1.807) is 0 Å². The average molecular weight is 292 g/mol. The number of nitrogens with one attached hydrogen (secondary N) is 1. The Morgan fingerprint density at radius 1 is 1.38 bits per heavy atom. The SMILES string of the molecule is CC(C)OCCn1c(=O)c(=O)[nH]c2ccc(C(=O)O)cc21. The van der Waals surface area contributed by atoms with Gasteiger partial charge in [-0.3, -0.25) is 14.2 Å². The molecule has 0 saturated heterocycles. The molecule has 0 spiro atoms. The maximum atomic E-state index is 12.0. The molecular weight excluding hydrogens is 276 g/mol. The van der Waals surface area contributed by atoms with E-state index in [0.717, 1.165) is 0 Å². The van der Waals surface area contributed by atoms with Crippen molar-refractivity contribution in [2.75, 3.05) is 6.61 Å². The Balaban J connectivity index is 2.55. The van der Waals surface area contributed by atoms with Crippen molar-refractivity contribution in [1.82, 2.24) is 9.55 Å². The van der Waals surface area contributed by atoms with Crippen molar-refractivity contribution >= 4 is 17.0 Å². The van der Waals surface area contributed by atoms with Gasteiger partial charge in [0.15, 0.2) is 0 Å². The lowest BCUT2D eigenvalue weighted by Gasteiger charge is -2.12. The van der Waals surface area contributed by atoms with E-state index in [1.807, 2.05) is 13.8 Å². The fourth-order valence-corrected chi connectivity index (χ4v) is 2.00. The summed E-state index contributed by atoms with van der Waals surface area (Å²) in [7, 11) is 0. The molecule has 2 aromatic rings. The molecule has 112 valence electrons. The zero-order chi connectivity index (χ0) is 15.6. The lowest BCUT2D eigenvalue weighted by Crippen LogP contribution is -2.37. The van der Waals surface area contributed by atoms with Crippen molar-refractivity contribution in [3.05, 3.63) is 44.5 Å². The van der Waals surface area contributed by atoms with E-state index >= 15 is 0 Å². The van der Waals surface area contributed by atoms with Gasteiger partial charge in [0, 0.05) is 6.54 Å². The van der Waals surface area contributed by atoms with Crippen LogP contribution in [0.1, 0.15) is 24.2 Å². The number of fused-ring (bicyclic) bond motifs is 1. The third-order valence-corrected chi connectivity index (χ3v) is 2.99. The van der Waals surface area contributed by atoms with E-state index < -0.39 is 17.1 Å². The van der Waals surface area contributed by atoms with Crippen molar-refractivity contribution in [3.8, 4) is 0 Å². The number of carboxylic acids is 1. The van der Waals surface area contributed by atoms with E-state index in [1.165, 1.54) is 22.8 Å². The van der Waals surface area contributed by atoms with Gasteiger partial charge in [0.05, 0.1) is 29.3 Å². The van der Waals surface area contributed by atoms with Crippen molar-refractivity contribution in [2.45, 2.75) is 26.5 Å². The van der Waals surface area contributed by atoms with Gasteiger partial charge in [-0.2, -0.15) is 0 Å². The standard InChI is InChI=1S/C14H16N2O5/c1-8(2)21-6-5-16-11-7-9(14(19)20)3-4-10(11)15-12(17)13(16)18/h3-4,7-8H,5-6H2,1-2H3,(H,15,17)(H,19,20). The van der Waals surface area contributed by atoms with Crippen molar-refractivity contribution in [3.63, 3.8) is 0 Å².